The Morgan fingerprint density at radius 3 is 2.45 bits per heavy atom. The van der Waals surface area contributed by atoms with Gasteiger partial charge in [0.1, 0.15) is 5.82 Å². The molecule has 0 aromatic heterocycles. The Kier molecular flexibility index (Phi) is 4.08. The van der Waals surface area contributed by atoms with E-state index in [0.717, 1.165) is 5.56 Å². The first-order chi connectivity index (χ1) is 9.76. The topological polar surface area (TPSA) is 15.3 Å². The van der Waals surface area contributed by atoms with Gasteiger partial charge in [0.2, 0.25) is 0 Å². The lowest BCUT2D eigenvalue weighted by atomic mass is 9.82. The molecule has 0 radical (unpaired) electrons. The summed E-state index contributed by atoms with van der Waals surface area (Å²) in [4.78, 5) is 2.67. The third-order valence-corrected chi connectivity index (χ3v) is 5.21. The van der Waals surface area contributed by atoms with E-state index in [1.54, 1.807) is 6.07 Å². The van der Waals surface area contributed by atoms with Crippen LogP contribution in [0, 0.1) is 5.82 Å². The highest BCUT2D eigenvalue weighted by Crippen LogP contribution is 2.45. The molecule has 1 aliphatic carbocycles. The Balaban J connectivity index is 1.95. The van der Waals surface area contributed by atoms with E-state index in [1.165, 1.54) is 57.7 Å². The third kappa shape index (κ3) is 2.38. The van der Waals surface area contributed by atoms with Crippen molar-refractivity contribution in [2.45, 2.75) is 50.1 Å². The van der Waals surface area contributed by atoms with E-state index in [4.69, 9.17) is 0 Å². The highest BCUT2D eigenvalue weighted by Gasteiger charge is 2.46. The summed E-state index contributed by atoms with van der Waals surface area (Å²) >= 11 is 0. The molecule has 1 unspecified atom stereocenters. The van der Waals surface area contributed by atoms with Crippen LogP contribution >= 0.6 is 0 Å². The quantitative estimate of drug-likeness (QED) is 0.905. The van der Waals surface area contributed by atoms with Crippen molar-refractivity contribution in [3.05, 3.63) is 35.6 Å². The number of halogens is 1. The Labute approximate surface area is 121 Å². The van der Waals surface area contributed by atoms with Gasteiger partial charge in [0.25, 0.3) is 0 Å². The molecule has 2 fully saturated rings. The molecule has 3 heteroatoms. The number of hydrogen-bond donors (Lipinski definition) is 1. The molecule has 0 amide bonds. The van der Waals surface area contributed by atoms with Crippen LogP contribution in [0.1, 0.15) is 50.1 Å². The Morgan fingerprint density at radius 2 is 1.85 bits per heavy atom. The van der Waals surface area contributed by atoms with Crippen molar-refractivity contribution in [3.63, 3.8) is 0 Å². The number of benzene rings is 1. The summed E-state index contributed by atoms with van der Waals surface area (Å²) in [5, 5.41) is 3.50. The molecule has 110 valence electrons. The van der Waals surface area contributed by atoms with E-state index in [0.29, 0.717) is 0 Å². The first kappa shape index (κ1) is 14.0. The van der Waals surface area contributed by atoms with E-state index in [1.807, 2.05) is 13.1 Å². The summed E-state index contributed by atoms with van der Waals surface area (Å²) in [5.74, 6) is -0.127. The number of nitrogens with zero attached hydrogens (tertiary/aromatic N) is 1. The number of hydrogen-bond acceptors (Lipinski definition) is 2. The van der Waals surface area contributed by atoms with Gasteiger partial charge in [0, 0.05) is 5.54 Å². The lowest BCUT2D eigenvalue weighted by Gasteiger charge is -2.45. The zero-order chi connectivity index (χ0) is 14.0. The van der Waals surface area contributed by atoms with Gasteiger partial charge in [-0.15, -0.1) is 0 Å². The van der Waals surface area contributed by atoms with E-state index in [2.05, 4.69) is 16.3 Å². The molecule has 1 N–H and O–H groups in total. The van der Waals surface area contributed by atoms with Gasteiger partial charge in [0.05, 0.1) is 6.04 Å². The number of rotatable bonds is 4. The first-order valence-corrected chi connectivity index (χ1v) is 7.94. The fourth-order valence-corrected chi connectivity index (χ4v) is 4.37. The molecular weight excluding hydrogens is 251 g/mol. The van der Waals surface area contributed by atoms with Gasteiger partial charge < -0.3 is 5.32 Å². The van der Waals surface area contributed by atoms with Crippen LogP contribution in [0.4, 0.5) is 4.39 Å². The maximum atomic E-state index is 13.6. The van der Waals surface area contributed by atoms with E-state index in [-0.39, 0.29) is 17.4 Å². The predicted octanol–water partition coefficient (Wildman–Crippen LogP) is 3.49. The lowest BCUT2D eigenvalue weighted by Crippen LogP contribution is -2.53. The first-order valence-electron chi connectivity index (χ1n) is 7.94. The molecule has 1 heterocycles. The Morgan fingerprint density at radius 1 is 1.15 bits per heavy atom. The minimum absolute atomic E-state index is 0.127. The van der Waals surface area contributed by atoms with Crippen molar-refractivity contribution in [1.82, 2.24) is 10.2 Å². The number of likely N-dealkylation sites (N-methyl/N-ethyl adjacent to an activating group) is 1. The second-order valence-electron chi connectivity index (χ2n) is 6.28. The van der Waals surface area contributed by atoms with Crippen LogP contribution in [0.5, 0.6) is 0 Å². The SMILES string of the molecule is CNC(c1cccc(F)c1)C1(N2CCCC2)CCCC1. The highest BCUT2D eigenvalue weighted by atomic mass is 19.1. The van der Waals surface area contributed by atoms with Gasteiger partial charge in [-0.05, 0) is 63.5 Å². The molecule has 2 nitrogen and oxygen atoms in total. The average Bonchev–Trinajstić information content (AvgIpc) is 3.11. The van der Waals surface area contributed by atoms with Crippen molar-refractivity contribution in [2.24, 2.45) is 0 Å². The second-order valence-corrected chi connectivity index (χ2v) is 6.28. The average molecular weight is 276 g/mol. The van der Waals surface area contributed by atoms with Crippen molar-refractivity contribution in [3.8, 4) is 0 Å². The van der Waals surface area contributed by atoms with Crippen LogP contribution < -0.4 is 5.32 Å². The monoisotopic (exact) mass is 276 g/mol. The molecule has 1 saturated heterocycles. The standard InChI is InChI=1S/C17H25FN2/c1-19-16(14-7-6-8-15(18)13-14)17(9-2-3-10-17)20-11-4-5-12-20/h6-8,13,16,19H,2-5,9-12H2,1H3. The fourth-order valence-electron chi connectivity index (χ4n) is 4.37. The van der Waals surface area contributed by atoms with Gasteiger partial charge >= 0.3 is 0 Å². The molecule has 20 heavy (non-hydrogen) atoms. The second kappa shape index (κ2) is 5.82. The van der Waals surface area contributed by atoms with Crippen molar-refractivity contribution in [1.29, 1.82) is 0 Å². The lowest BCUT2D eigenvalue weighted by molar-refractivity contribution is 0.0795. The van der Waals surface area contributed by atoms with Gasteiger partial charge in [-0.1, -0.05) is 25.0 Å². The summed E-state index contributed by atoms with van der Waals surface area (Å²) in [6, 6.07) is 7.38. The van der Waals surface area contributed by atoms with Crippen molar-refractivity contribution < 1.29 is 4.39 Å². The van der Waals surface area contributed by atoms with Crippen molar-refractivity contribution in [2.75, 3.05) is 20.1 Å². The number of likely N-dealkylation sites (tertiary alicyclic amines) is 1. The molecule has 1 aliphatic heterocycles. The van der Waals surface area contributed by atoms with E-state index in [9.17, 15) is 4.39 Å². The van der Waals surface area contributed by atoms with Crippen LogP contribution in [0.15, 0.2) is 24.3 Å². The van der Waals surface area contributed by atoms with Gasteiger partial charge in [-0.25, -0.2) is 4.39 Å². The summed E-state index contributed by atoms with van der Waals surface area (Å²) in [5.41, 5.74) is 1.29. The highest BCUT2D eigenvalue weighted by molar-refractivity contribution is 5.25. The van der Waals surface area contributed by atoms with Crippen LogP contribution in [-0.2, 0) is 0 Å². The smallest absolute Gasteiger partial charge is 0.123 e. The molecule has 3 rings (SSSR count). The van der Waals surface area contributed by atoms with Crippen LogP contribution in [0.25, 0.3) is 0 Å². The minimum atomic E-state index is -0.127. The van der Waals surface area contributed by atoms with E-state index >= 15 is 0 Å². The normalized spacial score (nSPS) is 24.1. The van der Waals surface area contributed by atoms with Crippen LogP contribution in [0.3, 0.4) is 0 Å². The maximum absolute atomic E-state index is 13.6. The van der Waals surface area contributed by atoms with Gasteiger partial charge in [-0.3, -0.25) is 4.90 Å². The Hall–Kier alpha value is -0.930. The van der Waals surface area contributed by atoms with Crippen molar-refractivity contribution >= 4 is 0 Å². The molecule has 0 bridgehead atoms. The Bertz CT molecular complexity index is 448. The summed E-state index contributed by atoms with van der Waals surface area (Å²) in [6.45, 7) is 2.40. The summed E-state index contributed by atoms with van der Waals surface area (Å²) in [7, 11) is 2.02. The minimum Gasteiger partial charge on any atom is -0.311 e. The zero-order valence-electron chi connectivity index (χ0n) is 12.4. The molecule has 1 saturated carbocycles. The fraction of sp³-hybridized carbons (Fsp3) is 0.647. The van der Waals surface area contributed by atoms with Gasteiger partial charge in [0.15, 0.2) is 0 Å². The zero-order valence-corrected chi connectivity index (χ0v) is 12.4. The summed E-state index contributed by atoms with van der Waals surface area (Å²) in [6.07, 6.45) is 7.67. The largest absolute Gasteiger partial charge is 0.311 e. The van der Waals surface area contributed by atoms with Gasteiger partial charge in [-0.2, -0.15) is 0 Å². The maximum Gasteiger partial charge on any atom is 0.123 e. The molecule has 0 spiro atoms. The summed E-state index contributed by atoms with van der Waals surface area (Å²) < 4.78 is 13.6. The molecule has 2 aliphatic rings. The number of nitrogens with one attached hydrogen (secondary N) is 1. The molecule has 1 aromatic rings. The molecular formula is C17H25FN2. The molecule has 1 aromatic carbocycles. The molecule has 1 atom stereocenters. The third-order valence-electron chi connectivity index (χ3n) is 5.21. The van der Waals surface area contributed by atoms with Crippen LogP contribution in [0.2, 0.25) is 0 Å². The predicted molar refractivity (Wildman–Crippen MR) is 80.2 cm³/mol. The van der Waals surface area contributed by atoms with E-state index < -0.39 is 0 Å². The van der Waals surface area contributed by atoms with Crippen LogP contribution in [-0.4, -0.2) is 30.6 Å².